The number of esters is 1. The number of hydrogen-bond donors (Lipinski definition) is 0. The summed E-state index contributed by atoms with van der Waals surface area (Å²) in [5.41, 5.74) is 0.954. The molecule has 0 amide bonds. The molecule has 0 saturated heterocycles. The third kappa shape index (κ3) is 6.91. The number of methoxy groups -OCH3 is 1. The van der Waals surface area contributed by atoms with Gasteiger partial charge in [0.05, 0.1) is 20.0 Å². The number of ether oxygens (including phenoxy) is 2. The maximum Gasteiger partial charge on any atom is 0.336 e. The minimum atomic E-state index is -3.72. The zero-order valence-corrected chi connectivity index (χ0v) is 13.9. The van der Waals surface area contributed by atoms with Gasteiger partial charge in [0.1, 0.15) is 5.75 Å². The highest BCUT2D eigenvalue weighted by molar-refractivity contribution is 7.86. The summed E-state index contributed by atoms with van der Waals surface area (Å²) in [5.74, 6) is 0.0795. The molecule has 0 aliphatic heterocycles. The summed E-state index contributed by atoms with van der Waals surface area (Å²) in [7, 11) is -2.53. The molecule has 22 heavy (non-hydrogen) atoms. The molecule has 6 nitrogen and oxygen atoms in total. The topological polar surface area (TPSA) is 78.9 Å². The Labute approximate surface area is 131 Å². The summed E-state index contributed by atoms with van der Waals surface area (Å²) in [6.45, 7) is 2.69. The fourth-order valence-corrected chi connectivity index (χ4v) is 2.41. The molecule has 0 radical (unpaired) electrons. The number of aryl methyl sites for hydroxylation is 1. The smallest absolute Gasteiger partial charge is 0.336 e. The Kier molecular flexibility index (Phi) is 7.34. The van der Waals surface area contributed by atoms with Crippen LogP contribution < -0.4 is 4.74 Å². The summed E-state index contributed by atoms with van der Waals surface area (Å²) < 4.78 is 37.1. The van der Waals surface area contributed by atoms with Crippen LogP contribution in [0.15, 0.2) is 24.3 Å². The Morgan fingerprint density at radius 3 is 2.36 bits per heavy atom. The van der Waals surface area contributed by atoms with Gasteiger partial charge >= 0.3 is 5.97 Å². The second-order valence-electron chi connectivity index (χ2n) is 4.84. The number of carbonyl (C=O) groups excluding carboxylic acids is 1. The maximum absolute atomic E-state index is 11.6. The van der Waals surface area contributed by atoms with Crippen LogP contribution in [0.2, 0.25) is 0 Å². The zero-order valence-electron chi connectivity index (χ0n) is 13.1. The molecule has 0 spiro atoms. The Morgan fingerprint density at radius 2 is 1.86 bits per heavy atom. The van der Waals surface area contributed by atoms with Gasteiger partial charge in [0, 0.05) is 0 Å². The second kappa shape index (κ2) is 8.75. The van der Waals surface area contributed by atoms with Crippen molar-refractivity contribution in [1.29, 1.82) is 0 Å². The highest BCUT2D eigenvalue weighted by Crippen LogP contribution is 2.16. The summed E-state index contributed by atoms with van der Waals surface area (Å²) in [6.07, 6.45) is 1.42. The van der Waals surface area contributed by atoms with Crippen molar-refractivity contribution in [1.82, 2.24) is 0 Å². The van der Waals surface area contributed by atoms with E-state index in [2.05, 4.69) is 4.74 Å². The van der Waals surface area contributed by atoms with Crippen molar-refractivity contribution in [3.8, 4) is 5.75 Å². The first-order valence-corrected chi connectivity index (χ1v) is 8.85. The molecule has 124 valence electrons. The summed E-state index contributed by atoms with van der Waals surface area (Å²) >= 11 is 0. The van der Waals surface area contributed by atoms with E-state index in [4.69, 9.17) is 8.92 Å². The molecule has 7 heteroatoms. The van der Waals surface area contributed by atoms with E-state index < -0.39 is 22.2 Å². The van der Waals surface area contributed by atoms with Crippen molar-refractivity contribution >= 4 is 16.1 Å². The van der Waals surface area contributed by atoms with Gasteiger partial charge in [-0.1, -0.05) is 19.1 Å². The zero-order chi connectivity index (χ0) is 16.6. The highest BCUT2D eigenvalue weighted by atomic mass is 32.2. The van der Waals surface area contributed by atoms with Crippen molar-refractivity contribution in [3.63, 3.8) is 0 Å². The van der Waals surface area contributed by atoms with Gasteiger partial charge < -0.3 is 9.47 Å². The quantitative estimate of drug-likeness (QED) is 0.508. The lowest BCUT2D eigenvalue weighted by molar-refractivity contribution is -0.148. The van der Waals surface area contributed by atoms with E-state index in [-0.39, 0.29) is 6.42 Å². The molecule has 0 aliphatic rings. The molecule has 1 unspecified atom stereocenters. The molecular weight excluding hydrogens is 308 g/mol. The van der Waals surface area contributed by atoms with Crippen molar-refractivity contribution in [2.75, 3.05) is 20.0 Å². The van der Waals surface area contributed by atoms with Crippen LogP contribution >= 0.6 is 0 Å². The molecule has 1 aromatic carbocycles. The predicted octanol–water partition coefficient (Wildman–Crippen LogP) is 1.93. The molecule has 0 aliphatic carbocycles. The normalized spacial score (nSPS) is 12.7. The average molecular weight is 330 g/mol. The molecular formula is C15H22O6S. The molecule has 0 saturated carbocycles. The number of rotatable bonds is 9. The molecule has 0 bridgehead atoms. The number of benzene rings is 1. The first-order valence-electron chi connectivity index (χ1n) is 7.03. The van der Waals surface area contributed by atoms with E-state index in [0.717, 1.165) is 24.0 Å². The maximum atomic E-state index is 11.6. The van der Waals surface area contributed by atoms with Crippen molar-refractivity contribution in [2.24, 2.45) is 0 Å². The summed E-state index contributed by atoms with van der Waals surface area (Å²) in [6, 6.07) is 7.44. The summed E-state index contributed by atoms with van der Waals surface area (Å²) in [4.78, 5) is 11.6. The fourth-order valence-electron chi connectivity index (χ4n) is 1.82. The van der Waals surface area contributed by atoms with Crippen molar-refractivity contribution in [2.45, 2.75) is 32.3 Å². The van der Waals surface area contributed by atoms with Gasteiger partial charge in [0.15, 0.2) is 6.10 Å². The molecule has 0 fully saturated rings. The van der Waals surface area contributed by atoms with E-state index in [1.54, 1.807) is 0 Å². The molecule has 0 N–H and O–H groups in total. The van der Waals surface area contributed by atoms with Crippen LogP contribution in [0.3, 0.4) is 0 Å². The van der Waals surface area contributed by atoms with Crippen LogP contribution in [0.1, 0.15) is 25.3 Å². The van der Waals surface area contributed by atoms with Crippen LogP contribution in [-0.4, -0.2) is 40.5 Å². The Balaban J connectivity index is 2.62. The van der Waals surface area contributed by atoms with Crippen molar-refractivity contribution in [3.05, 3.63) is 29.8 Å². The van der Waals surface area contributed by atoms with Gasteiger partial charge in [-0.25, -0.2) is 4.79 Å². The highest BCUT2D eigenvalue weighted by Gasteiger charge is 2.24. The predicted molar refractivity (Wildman–Crippen MR) is 82.3 cm³/mol. The minimum Gasteiger partial charge on any atom is -0.494 e. The van der Waals surface area contributed by atoms with Crippen LogP contribution in [0.5, 0.6) is 5.75 Å². The van der Waals surface area contributed by atoms with Crippen LogP contribution in [0, 0.1) is 0 Å². The fraction of sp³-hybridized carbons (Fsp3) is 0.533. The second-order valence-corrected chi connectivity index (χ2v) is 6.44. The Bertz CT molecular complexity index is 564. The molecule has 0 aromatic heterocycles. The third-order valence-electron chi connectivity index (χ3n) is 2.85. The molecule has 0 heterocycles. The lowest BCUT2D eigenvalue weighted by atomic mass is 10.1. The van der Waals surface area contributed by atoms with E-state index in [9.17, 15) is 13.2 Å². The van der Waals surface area contributed by atoms with Gasteiger partial charge in [0.2, 0.25) is 0 Å². The Morgan fingerprint density at radius 1 is 1.23 bits per heavy atom. The van der Waals surface area contributed by atoms with E-state index in [0.29, 0.717) is 13.0 Å². The lowest BCUT2D eigenvalue weighted by Gasteiger charge is -2.14. The lowest BCUT2D eigenvalue weighted by Crippen LogP contribution is -2.28. The van der Waals surface area contributed by atoms with Crippen LogP contribution in [0.25, 0.3) is 0 Å². The average Bonchev–Trinajstić information content (AvgIpc) is 2.48. The monoisotopic (exact) mass is 330 g/mol. The Hall–Kier alpha value is -1.60. The number of hydrogen-bond acceptors (Lipinski definition) is 6. The SMILES string of the molecule is CCCOc1ccc(CCC(OS(C)(=O)=O)C(=O)OC)cc1. The minimum absolute atomic E-state index is 0.217. The molecule has 1 aromatic rings. The third-order valence-corrected chi connectivity index (χ3v) is 3.43. The first kappa shape index (κ1) is 18.4. The van der Waals surface area contributed by atoms with E-state index >= 15 is 0 Å². The molecule has 1 rings (SSSR count). The van der Waals surface area contributed by atoms with Gasteiger partial charge in [-0.2, -0.15) is 8.42 Å². The van der Waals surface area contributed by atoms with Gasteiger partial charge in [-0.05, 0) is 37.0 Å². The van der Waals surface area contributed by atoms with Crippen molar-refractivity contribution < 1.29 is 26.9 Å². The van der Waals surface area contributed by atoms with Gasteiger partial charge in [-0.15, -0.1) is 0 Å². The molecule has 1 atom stereocenters. The standard InChI is InChI=1S/C15H22O6S/c1-4-11-20-13-8-5-12(6-9-13)7-10-14(15(16)19-2)21-22(3,17)18/h5-6,8-9,14H,4,7,10-11H2,1-3H3. The van der Waals surface area contributed by atoms with Crippen LogP contribution in [-0.2, 0) is 30.3 Å². The largest absolute Gasteiger partial charge is 0.494 e. The van der Waals surface area contributed by atoms with Gasteiger partial charge in [0.25, 0.3) is 10.1 Å². The van der Waals surface area contributed by atoms with Gasteiger partial charge in [-0.3, -0.25) is 4.18 Å². The first-order chi connectivity index (χ1) is 10.4. The van der Waals surface area contributed by atoms with Crippen LogP contribution in [0.4, 0.5) is 0 Å². The van der Waals surface area contributed by atoms with E-state index in [1.165, 1.54) is 7.11 Å². The summed E-state index contributed by atoms with van der Waals surface area (Å²) in [5, 5.41) is 0. The van der Waals surface area contributed by atoms with E-state index in [1.807, 2.05) is 31.2 Å². The number of carbonyl (C=O) groups is 1.